The third-order valence-electron chi connectivity index (χ3n) is 10.8. The van der Waals surface area contributed by atoms with E-state index in [0.717, 1.165) is 42.4 Å². The minimum Gasteiger partial charge on any atom is -0.459 e. The summed E-state index contributed by atoms with van der Waals surface area (Å²) in [6, 6.07) is 14.6. The van der Waals surface area contributed by atoms with E-state index in [1.54, 1.807) is 24.0 Å². The zero-order valence-corrected chi connectivity index (χ0v) is 32.6. The Kier molecular flexibility index (Phi) is 15.6. The molecule has 5 rings (SSSR count). The van der Waals surface area contributed by atoms with Crippen LogP contribution in [0.5, 0.6) is 11.5 Å². The Hall–Kier alpha value is -4.39. The fourth-order valence-corrected chi connectivity index (χ4v) is 8.58. The summed E-state index contributed by atoms with van der Waals surface area (Å²) in [5.41, 5.74) is 3.45. The number of hydrogen-bond donors (Lipinski definition) is 3. The summed E-state index contributed by atoms with van der Waals surface area (Å²) >= 11 is 0. The van der Waals surface area contributed by atoms with Crippen LogP contribution in [-0.4, -0.2) is 84.4 Å². The van der Waals surface area contributed by atoms with Crippen molar-refractivity contribution in [3.8, 4) is 11.5 Å². The molecule has 1 fully saturated rings. The van der Waals surface area contributed by atoms with Gasteiger partial charge in [0.1, 0.15) is 24.1 Å². The highest BCUT2D eigenvalue weighted by Gasteiger charge is 2.65. The molecule has 12 heteroatoms. The number of carbonyl (C=O) groups excluding carboxylic acids is 2. The molecule has 0 aromatic heterocycles. The van der Waals surface area contributed by atoms with Gasteiger partial charge in [-0.3, -0.25) is 4.90 Å². The molecule has 2 aliphatic carbocycles. The topological polar surface area (TPSA) is 148 Å². The van der Waals surface area contributed by atoms with Gasteiger partial charge in [0, 0.05) is 44.2 Å². The van der Waals surface area contributed by atoms with E-state index in [9.17, 15) is 19.8 Å². The summed E-state index contributed by atoms with van der Waals surface area (Å²) in [5, 5.41) is 27.2. The predicted molar refractivity (Wildman–Crippen MR) is 210 cm³/mol. The number of nitrogens with one attached hydrogen (secondary N) is 1. The van der Waals surface area contributed by atoms with Crippen molar-refractivity contribution in [2.45, 2.75) is 96.5 Å². The molecule has 0 bridgehead atoms. The molecule has 300 valence electrons. The molecule has 6 atom stereocenters. The Labute approximate surface area is 325 Å². The molecule has 2 aromatic carbocycles. The number of rotatable bonds is 20. The van der Waals surface area contributed by atoms with Gasteiger partial charge in [0.2, 0.25) is 5.79 Å². The number of amides is 2. The van der Waals surface area contributed by atoms with E-state index in [-0.39, 0.29) is 57.2 Å². The van der Waals surface area contributed by atoms with Gasteiger partial charge in [-0.2, -0.15) is 0 Å². The third-order valence-corrected chi connectivity index (χ3v) is 10.8. The number of aliphatic hydroxyl groups is 2. The van der Waals surface area contributed by atoms with Crippen LogP contribution < -0.4 is 14.8 Å². The molecule has 1 heterocycles. The van der Waals surface area contributed by atoms with Crippen LogP contribution >= 0.6 is 0 Å². The first-order chi connectivity index (χ1) is 26.8. The second kappa shape index (κ2) is 20.5. The highest BCUT2D eigenvalue weighted by Crippen LogP contribution is 2.62. The van der Waals surface area contributed by atoms with Crippen molar-refractivity contribution in [2.24, 2.45) is 22.9 Å². The lowest BCUT2D eigenvalue weighted by Gasteiger charge is -2.59. The molecular formula is C43H59N3O9. The van der Waals surface area contributed by atoms with Crippen molar-refractivity contribution in [3.05, 3.63) is 84.0 Å². The number of unbranched alkanes of at least 4 members (excludes halogenated alkanes) is 2. The van der Waals surface area contributed by atoms with Crippen molar-refractivity contribution < 1.29 is 43.6 Å². The first-order valence-electron chi connectivity index (χ1n) is 20.0. The molecule has 0 radical (unpaired) electrons. The number of ether oxygens (including phenoxy) is 4. The van der Waals surface area contributed by atoms with Gasteiger partial charge in [-0.25, -0.2) is 9.59 Å². The normalized spacial score (nSPS) is 24.4. The van der Waals surface area contributed by atoms with E-state index < -0.39 is 29.9 Å². The van der Waals surface area contributed by atoms with Crippen molar-refractivity contribution in [1.82, 2.24) is 10.2 Å². The Balaban J connectivity index is 1.76. The van der Waals surface area contributed by atoms with Crippen LogP contribution in [0.1, 0.15) is 89.2 Å². The first-order valence-corrected chi connectivity index (χ1v) is 20.0. The standard InChI is InChI=1S/C43H59N3O9/c1-5-22-46(42(50)51-8-4)38-28-36(45-53-29-30-16-10-9-11-17-30)34-26-31(18-12-14-23-47)33(19-13-15-24-48)39-35-27-32(54-41(49)44-7-3)20-21-37(35)55-43(38,40(34)39)52-25-6-2/h6,9-11,16-17,20-21,26-27,31,33,38-40,47-48H,2,5,7-8,12-15,18-19,22-25,28-29H2,1,3-4H3,(H,44,49)/t31-,33+,38-,39+,40+,43+/m0/s1. The zero-order chi connectivity index (χ0) is 39.2. The van der Waals surface area contributed by atoms with Crippen LogP contribution in [0.15, 0.2) is 78.0 Å². The highest BCUT2D eigenvalue weighted by molar-refractivity contribution is 6.03. The highest BCUT2D eigenvalue weighted by atomic mass is 16.7. The van der Waals surface area contributed by atoms with Gasteiger partial charge in [0.05, 0.1) is 24.8 Å². The Morgan fingerprint density at radius 1 is 1.05 bits per heavy atom. The summed E-state index contributed by atoms with van der Waals surface area (Å²) in [7, 11) is 0. The third kappa shape index (κ3) is 9.71. The van der Waals surface area contributed by atoms with E-state index in [0.29, 0.717) is 49.6 Å². The molecule has 1 saturated carbocycles. The molecule has 0 spiro atoms. The van der Waals surface area contributed by atoms with Crippen molar-refractivity contribution in [2.75, 3.05) is 39.5 Å². The van der Waals surface area contributed by atoms with Crippen LogP contribution in [0.25, 0.3) is 0 Å². The van der Waals surface area contributed by atoms with Crippen LogP contribution in [0, 0.1) is 17.8 Å². The summed E-state index contributed by atoms with van der Waals surface area (Å²) in [5.74, 6) is -1.10. The Bertz CT molecular complexity index is 1630. The van der Waals surface area contributed by atoms with Crippen LogP contribution in [0.3, 0.4) is 0 Å². The summed E-state index contributed by atoms with van der Waals surface area (Å²) in [6.07, 6.45) is 8.40. The molecule has 3 aliphatic rings. The van der Waals surface area contributed by atoms with Crippen molar-refractivity contribution in [1.29, 1.82) is 0 Å². The fraction of sp³-hybridized carbons (Fsp3) is 0.558. The maximum absolute atomic E-state index is 13.9. The smallest absolute Gasteiger partial charge is 0.412 e. The lowest BCUT2D eigenvalue weighted by Crippen LogP contribution is -2.70. The molecule has 0 unspecified atom stereocenters. The number of fused-ring (bicyclic) bond motifs is 2. The lowest BCUT2D eigenvalue weighted by atomic mass is 9.55. The number of allylic oxidation sites excluding steroid dienone is 1. The van der Waals surface area contributed by atoms with Crippen LogP contribution in [0.4, 0.5) is 9.59 Å². The van der Waals surface area contributed by atoms with Gasteiger partial charge >= 0.3 is 12.2 Å². The van der Waals surface area contributed by atoms with Gasteiger partial charge in [-0.15, -0.1) is 6.58 Å². The predicted octanol–water partition coefficient (Wildman–Crippen LogP) is 7.50. The lowest BCUT2D eigenvalue weighted by molar-refractivity contribution is -0.255. The van der Waals surface area contributed by atoms with Gasteiger partial charge < -0.3 is 39.3 Å². The van der Waals surface area contributed by atoms with E-state index in [1.807, 2.05) is 56.3 Å². The minimum absolute atomic E-state index is 0.0283. The van der Waals surface area contributed by atoms with E-state index in [1.165, 1.54) is 0 Å². The quantitative estimate of drug-likeness (QED) is 0.0709. The molecule has 55 heavy (non-hydrogen) atoms. The van der Waals surface area contributed by atoms with Crippen LogP contribution in [-0.2, 0) is 20.9 Å². The molecular weight excluding hydrogens is 702 g/mol. The second-order valence-corrected chi connectivity index (χ2v) is 14.3. The molecule has 2 aromatic rings. The molecule has 1 aliphatic heterocycles. The Morgan fingerprint density at radius 3 is 2.51 bits per heavy atom. The number of oxime groups is 1. The van der Waals surface area contributed by atoms with E-state index in [4.69, 9.17) is 28.9 Å². The van der Waals surface area contributed by atoms with E-state index in [2.05, 4.69) is 18.0 Å². The summed E-state index contributed by atoms with van der Waals surface area (Å²) in [6.45, 7) is 11.2. The minimum atomic E-state index is -1.40. The van der Waals surface area contributed by atoms with Crippen molar-refractivity contribution >= 4 is 17.9 Å². The van der Waals surface area contributed by atoms with Gasteiger partial charge in [0.25, 0.3) is 0 Å². The van der Waals surface area contributed by atoms with Gasteiger partial charge in [-0.05, 0) is 87.1 Å². The largest absolute Gasteiger partial charge is 0.459 e. The van der Waals surface area contributed by atoms with Crippen LogP contribution in [0.2, 0.25) is 0 Å². The van der Waals surface area contributed by atoms with E-state index >= 15 is 0 Å². The average molecular weight is 762 g/mol. The average Bonchev–Trinajstić information content (AvgIpc) is 3.18. The summed E-state index contributed by atoms with van der Waals surface area (Å²) < 4.78 is 25.6. The molecule has 12 nitrogen and oxygen atoms in total. The number of nitrogens with zero attached hydrogens (tertiary/aromatic N) is 2. The maximum Gasteiger partial charge on any atom is 0.412 e. The second-order valence-electron chi connectivity index (χ2n) is 14.3. The SMILES string of the molecule is C=CCO[C@@]12Oc3ccc(OC(=O)NCC)cc3[C@H]3[C@H](CCCCO)[C@@H](CCCCO)C=C(C(=NOCc4ccccc4)C[C@@H]1N(CCC)C(=O)OCC)[C@H]32. The fourth-order valence-electron chi connectivity index (χ4n) is 8.58. The van der Waals surface area contributed by atoms with Crippen molar-refractivity contribution in [3.63, 3.8) is 0 Å². The summed E-state index contributed by atoms with van der Waals surface area (Å²) in [4.78, 5) is 34.4. The number of benzene rings is 2. The zero-order valence-electron chi connectivity index (χ0n) is 32.6. The molecule has 0 saturated heterocycles. The number of hydrogen-bond acceptors (Lipinski definition) is 10. The molecule has 2 amide bonds. The molecule has 3 N–H and O–H groups in total. The Morgan fingerprint density at radius 2 is 1.82 bits per heavy atom. The first kappa shape index (κ1) is 41.8. The van der Waals surface area contributed by atoms with Gasteiger partial charge in [-0.1, -0.05) is 67.4 Å². The maximum atomic E-state index is 13.9. The monoisotopic (exact) mass is 761 g/mol. The van der Waals surface area contributed by atoms with Gasteiger partial charge in [0.15, 0.2) is 0 Å². The number of aliphatic hydroxyl groups excluding tert-OH is 2. The number of carbonyl (C=O) groups is 2.